The molecule has 0 amide bonds. The lowest BCUT2D eigenvalue weighted by Crippen LogP contribution is -2.07. The van der Waals surface area contributed by atoms with Gasteiger partial charge in [-0.3, -0.25) is 0 Å². The quantitative estimate of drug-likeness (QED) is 0.498. The molecule has 0 aliphatic carbocycles. The first kappa shape index (κ1) is 20.2. The number of nitrogens with one attached hydrogen (secondary N) is 1. The van der Waals surface area contributed by atoms with Crippen molar-refractivity contribution in [3.63, 3.8) is 0 Å². The molecule has 1 heterocycles. The molecule has 0 fully saturated rings. The summed E-state index contributed by atoms with van der Waals surface area (Å²) in [5.41, 5.74) is 0.594. The van der Waals surface area contributed by atoms with Crippen LogP contribution in [0.3, 0.4) is 0 Å². The second kappa shape index (κ2) is 10.1. The molecule has 0 atom stereocenters. The van der Waals surface area contributed by atoms with Crippen molar-refractivity contribution >= 4 is 5.69 Å². The van der Waals surface area contributed by atoms with Crippen LogP contribution in [0.1, 0.15) is 6.42 Å². The van der Waals surface area contributed by atoms with Gasteiger partial charge in [0.15, 0.2) is 0 Å². The largest absolute Gasteiger partial charge is 0.497 e. The van der Waals surface area contributed by atoms with Gasteiger partial charge >= 0.3 is 6.01 Å². The maximum absolute atomic E-state index is 9.00. The van der Waals surface area contributed by atoms with Crippen LogP contribution in [0.2, 0.25) is 0 Å². The molecule has 3 aromatic rings. The summed E-state index contributed by atoms with van der Waals surface area (Å²) >= 11 is 0. The summed E-state index contributed by atoms with van der Waals surface area (Å²) < 4.78 is 22.0. The van der Waals surface area contributed by atoms with E-state index in [0.29, 0.717) is 36.0 Å². The Morgan fingerprint density at radius 2 is 1.38 bits per heavy atom. The zero-order valence-corrected chi connectivity index (χ0v) is 16.3. The standard InChI is InChI=1S/C21H23N3O5/c1-26-15-4-8-17(9-5-15)28-20-19(22-12-3-13-25)14-23-21(24-20)29-18-10-6-16(27-2)7-11-18/h4-11,14,22,25H,3,12-13H2,1-2H3. The highest BCUT2D eigenvalue weighted by molar-refractivity contribution is 5.53. The van der Waals surface area contributed by atoms with Gasteiger partial charge in [-0.25, -0.2) is 4.98 Å². The second-order valence-electron chi connectivity index (χ2n) is 5.93. The van der Waals surface area contributed by atoms with Gasteiger partial charge in [0.2, 0.25) is 5.88 Å². The summed E-state index contributed by atoms with van der Waals surface area (Å²) in [4.78, 5) is 8.62. The van der Waals surface area contributed by atoms with Crippen LogP contribution in [0.5, 0.6) is 34.9 Å². The molecule has 0 bridgehead atoms. The molecule has 0 aliphatic heterocycles. The molecular formula is C21H23N3O5. The molecule has 0 saturated heterocycles. The number of nitrogens with zero attached hydrogens (tertiary/aromatic N) is 2. The van der Waals surface area contributed by atoms with Crippen LogP contribution in [0.4, 0.5) is 5.69 Å². The Bertz CT molecular complexity index is 901. The van der Waals surface area contributed by atoms with Gasteiger partial charge in [-0.15, -0.1) is 0 Å². The third kappa shape index (κ3) is 5.73. The molecule has 1 aromatic heterocycles. The minimum atomic E-state index is 0.0845. The Kier molecular flexibility index (Phi) is 7.07. The summed E-state index contributed by atoms with van der Waals surface area (Å²) in [5.74, 6) is 2.92. The molecule has 0 aliphatic rings. The van der Waals surface area contributed by atoms with E-state index >= 15 is 0 Å². The van der Waals surface area contributed by atoms with Gasteiger partial charge in [0.1, 0.15) is 28.7 Å². The Morgan fingerprint density at radius 3 is 1.93 bits per heavy atom. The van der Waals surface area contributed by atoms with Gasteiger partial charge in [-0.2, -0.15) is 4.98 Å². The topological polar surface area (TPSA) is 95.0 Å². The summed E-state index contributed by atoms with van der Waals surface area (Å²) in [7, 11) is 3.20. The van der Waals surface area contributed by atoms with Crippen LogP contribution in [-0.2, 0) is 0 Å². The molecular weight excluding hydrogens is 374 g/mol. The lowest BCUT2D eigenvalue weighted by molar-refractivity contribution is 0.292. The van der Waals surface area contributed by atoms with E-state index in [1.54, 1.807) is 68.9 Å². The smallest absolute Gasteiger partial charge is 0.325 e. The highest BCUT2D eigenvalue weighted by atomic mass is 16.5. The van der Waals surface area contributed by atoms with Crippen molar-refractivity contribution < 1.29 is 24.1 Å². The number of hydrogen-bond donors (Lipinski definition) is 2. The Labute approximate surface area is 169 Å². The highest BCUT2D eigenvalue weighted by Crippen LogP contribution is 2.31. The number of aromatic nitrogens is 2. The first-order valence-corrected chi connectivity index (χ1v) is 9.07. The predicted octanol–water partition coefficient (Wildman–Crippen LogP) is 3.87. The van der Waals surface area contributed by atoms with E-state index in [4.69, 9.17) is 24.1 Å². The first-order chi connectivity index (χ1) is 14.2. The average molecular weight is 397 g/mol. The summed E-state index contributed by atoms with van der Waals surface area (Å²) in [6, 6.07) is 14.4. The van der Waals surface area contributed by atoms with E-state index in [1.807, 2.05) is 0 Å². The minimum absolute atomic E-state index is 0.0845. The molecule has 0 unspecified atom stereocenters. The molecule has 3 rings (SSSR count). The van der Waals surface area contributed by atoms with Crippen molar-refractivity contribution in [2.24, 2.45) is 0 Å². The molecule has 29 heavy (non-hydrogen) atoms. The normalized spacial score (nSPS) is 10.3. The average Bonchev–Trinajstić information content (AvgIpc) is 2.76. The Morgan fingerprint density at radius 1 is 0.828 bits per heavy atom. The zero-order valence-electron chi connectivity index (χ0n) is 16.3. The zero-order chi connectivity index (χ0) is 20.5. The molecule has 8 nitrogen and oxygen atoms in total. The molecule has 152 valence electrons. The fourth-order valence-corrected chi connectivity index (χ4v) is 2.41. The van der Waals surface area contributed by atoms with Gasteiger partial charge in [0.25, 0.3) is 0 Å². The van der Waals surface area contributed by atoms with E-state index in [9.17, 15) is 0 Å². The molecule has 0 radical (unpaired) electrons. The minimum Gasteiger partial charge on any atom is -0.497 e. The van der Waals surface area contributed by atoms with E-state index in [-0.39, 0.29) is 12.6 Å². The van der Waals surface area contributed by atoms with Crippen molar-refractivity contribution in [3.05, 3.63) is 54.7 Å². The van der Waals surface area contributed by atoms with Crippen LogP contribution in [0.25, 0.3) is 0 Å². The Balaban J connectivity index is 1.81. The van der Waals surface area contributed by atoms with Crippen molar-refractivity contribution in [1.29, 1.82) is 0 Å². The molecule has 0 saturated carbocycles. The number of hydrogen-bond acceptors (Lipinski definition) is 8. The molecule has 0 spiro atoms. The van der Waals surface area contributed by atoms with Crippen molar-refractivity contribution in [1.82, 2.24) is 9.97 Å². The van der Waals surface area contributed by atoms with Crippen LogP contribution in [0, 0.1) is 0 Å². The summed E-state index contributed by atoms with van der Waals surface area (Å²) in [6.07, 6.45) is 2.17. The summed E-state index contributed by atoms with van der Waals surface area (Å²) in [5, 5.41) is 12.2. The van der Waals surface area contributed by atoms with Crippen LogP contribution < -0.4 is 24.3 Å². The fraction of sp³-hybridized carbons (Fsp3) is 0.238. The number of rotatable bonds is 10. The maximum Gasteiger partial charge on any atom is 0.325 e. The monoisotopic (exact) mass is 397 g/mol. The third-order valence-corrected chi connectivity index (χ3v) is 3.92. The number of benzene rings is 2. The van der Waals surface area contributed by atoms with Gasteiger partial charge in [0, 0.05) is 13.2 Å². The molecule has 8 heteroatoms. The van der Waals surface area contributed by atoms with Gasteiger partial charge < -0.3 is 29.4 Å². The van der Waals surface area contributed by atoms with Gasteiger partial charge in [0.05, 0.1) is 20.4 Å². The maximum atomic E-state index is 9.00. The molecule has 2 N–H and O–H groups in total. The second-order valence-corrected chi connectivity index (χ2v) is 5.93. The lowest BCUT2D eigenvalue weighted by atomic mass is 10.3. The highest BCUT2D eigenvalue weighted by Gasteiger charge is 2.12. The first-order valence-electron chi connectivity index (χ1n) is 9.07. The number of aliphatic hydroxyl groups excluding tert-OH is 1. The Hall–Kier alpha value is -3.52. The SMILES string of the molecule is COc1ccc(Oc2ncc(NCCCO)c(Oc3ccc(OC)cc3)n2)cc1. The van der Waals surface area contributed by atoms with E-state index < -0.39 is 0 Å². The van der Waals surface area contributed by atoms with Crippen molar-refractivity contribution in [2.45, 2.75) is 6.42 Å². The van der Waals surface area contributed by atoms with Gasteiger partial charge in [-0.1, -0.05) is 0 Å². The summed E-state index contributed by atoms with van der Waals surface area (Å²) in [6.45, 7) is 0.638. The molecule has 2 aromatic carbocycles. The van der Waals surface area contributed by atoms with E-state index in [1.165, 1.54) is 0 Å². The predicted molar refractivity (Wildman–Crippen MR) is 108 cm³/mol. The van der Waals surface area contributed by atoms with Crippen LogP contribution >= 0.6 is 0 Å². The number of methoxy groups -OCH3 is 2. The van der Waals surface area contributed by atoms with Crippen LogP contribution in [-0.4, -0.2) is 42.4 Å². The van der Waals surface area contributed by atoms with Crippen LogP contribution in [0.15, 0.2) is 54.7 Å². The van der Waals surface area contributed by atoms with Gasteiger partial charge in [-0.05, 0) is 55.0 Å². The van der Waals surface area contributed by atoms with E-state index in [2.05, 4.69) is 15.3 Å². The van der Waals surface area contributed by atoms with Crippen molar-refractivity contribution in [2.75, 3.05) is 32.7 Å². The van der Waals surface area contributed by atoms with E-state index in [0.717, 1.165) is 11.5 Å². The number of anilines is 1. The van der Waals surface area contributed by atoms with Crippen molar-refractivity contribution in [3.8, 4) is 34.9 Å². The third-order valence-electron chi connectivity index (χ3n) is 3.92. The number of ether oxygens (including phenoxy) is 4. The lowest BCUT2D eigenvalue weighted by Gasteiger charge is -2.13. The number of aliphatic hydroxyl groups is 1. The fourth-order valence-electron chi connectivity index (χ4n) is 2.41.